The highest BCUT2D eigenvalue weighted by atomic mass is 35.5. The lowest BCUT2D eigenvalue weighted by atomic mass is 10.2. The van der Waals surface area contributed by atoms with E-state index in [1.807, 2.05) is 30.5 Å². The number of aromatic amines is 1. The molecular formula is C18H13Cl2N3O2. The van der Waals surface area contributed by atoms with Gasteiger partial charge in [-0.1, -0.05) is 35.3 Å². The molecule has 1 fully saturated rings. The van der Waals surface area contributed by atoms with Gasteiger partial charge in [-0.2, -0.15) is 0 Å². The van der Waals surface area contributed by atoms with Crippen LogP contribution in [0.3, 0.4) is 0 Å². The zero-order chi connectivity index (χ0) is 17.6. The van der Waals surface area contributed by atoms with Crippen molar-refractivity contribution in [3.8, 4) is 0 Å². The Morgan fingerprint density at radius 3 is 2.60 bits per heavy atom. The maximum atomic E-state index is 12.8. The molecule has 1 aromatic heterocycles. The van der Waals surface area contributed by atoms with Crippen molar-refractivity contribution in [1.29, 1.82) is 0 Å². The number of aromatic nitrogens is 1. The van der Waals surface area contributed by atoms with E-state index < -0.39 is 6.04 Å². The van der Waals surface area contributed by atoms with Gasteiger partial charge < -0.3 is 10.3 Å². The number of halogens is 2. The van der Waals surface area contributed by atoms with E-state index in [2.05, 4.69) is 10.3 Å². The van der Waals surface area contributed by atoms with E-state index in [0.717, 1.165) is 21.5 Å². The molecule has 1 aliphatic heterocycles. The molecule has 0 spiro atoms. The molecule has 1 atom stereocenters. The second kappa shape index (κ2) is 6.10. The summed E-state index contributed by atoms with van der Waals surface area (Å²) < 4.78 is 0. The van der Waals surface area contributed by atoms with Crippen molar-refractivity contribution in [2.24, 2.45) is 0 Å². The monoisotopic (exact) mass is 373 g/mol. The third-order valence-electron chi connectivity index (χ3n) is 4.20. The Labute approximate surface area is 153 Å². The van der Waals surface area contributed by atoms with Gasteiger partial charge in [-0.25, -0.2) is 4.90 Å². The summed E-state index contributed by atoms with van der Waals surface area (Å²) in [5, 5.41) is 4.73. The summed E-state index contributed by atoms with van der Waals surface area (Å²) in [4.78, 5) is 29.3. The summed E-state index contributed by atoms with van der Waals surface area (Å²) >= 11 is 12.3. The smallest absolute Gasteiger partial charge is 0.256 e. The van der Waals surface area contributed by atoms with Crippen LogP contribution in [0.2, 0.25) is 10.0 Å². The van der Waals surface area contributed by atoms with E-state index in [1.54, 1.807) is 18.2 Å². The fourth-order valence-electron chi connectivity index (χ4n) is 3.02. The number of amides is 2. The van der Waals surface area contributed by atoms with Gasteiger partial charge in [0.05, 0.1) is 22.2 Å². The van der Waals surface area contributed by atoms with Gasteiger partial charge in [0.2, 0.25) is 5.91 Å². The number of imide groups is 1. The number of fused-ring (bicyclic) bond motifs is 1. The van der Waals surface area contributed by atoms with Crippen molar-refractivity contribution in [3.63, 3.8) is 0 Å². The van der Waals surface area contributed by atoms with Crippen LogP contribution in [0.15, 0.2) is 48.7 Å². The third-order valence-corrected chi connectivity index (χ3v) is 4.81. The van der Waals surface area contributed by atoms with Crippen LogP contribution in [-0.2, 0) is 9.59 Å². The number of H-pyrrole nitrogens is 1. The molecule has 2 amide bonds. The fraction of sp³-hybridized carbons (Fsp3) is 0.111. The van der Waals surface area contributed by atoms with Crippen LogP contribution in [-0.4, -0.2) is 22.8 Å². The molecule has 0 radical (unpaired) electrons. The van der Waals surface area contributed by atoms with Gasteiger partial charge >= 0.3 is 0 Å². The Hall–Kier alpha value is -2.50. The van der Waals surface area contributed by atoms with Crippen LogP contribution in [0.25, 0.3) is 10.9 Å². The molecule has 2 heterocycles. The van der Waals surface area contributed by atoms with Crippen molar-refractivity contribution in [2.45, 2.75) is 12.5 Å². The van der Waals surface area contributed by atoms with Gasteiger partial charge in [-0.05, 0) is 35.7 Å². The number of anilines is 2. The van der Waals surface area contributed by atoms with Crippen molar-refractivity contribution < 1.29 is 9.59 Å². The first-order valence-corrected chi connectivity index (χ1v) is 8.44. The minimum absolute atomic E-state index is 0.0448. The summed E-state index contributed by atoms with van der Waals surface area (Å²) in [5.41, 5.74) is 1.95. The van der Waals surface area contributed by atoms with E-state index in [4.69, 9.17) is 23.2 Å². The Bertz CT molecular complexity index is 979. The second-order valence-electron chi connectivity index (χ2n) is 5.82. The number of carbonyl (C=O) groups is 2. The summed E-state index contributed by atoms with van der Waals surface area (Å²) in [6, 6.07) is 11.9. The summed E-state index contributed by atoms with van der Waals surface area (Å²) in [7, 11) is 0. The number of para-hydroxylation sites is 1. The third kappa shape index (κ3) is 2.75. The summed E-state index contributed by atoms with van der Waals surface area (Å²) in [5.74, 6) is -0.704. The number of benzene rings is 2. The molecule has 4 rings (SSSR count). The van der Waals surface area contributed by atoms with E-state index in [-0.39, 0.29) is 34.0 Å². The van der Waals surface area contributed by atoms with Crippen molar-refractivity contribution >= 4 is 57.3 Å². The highest BCUT2D eigenvalue weighted by Gasteiger charge is 2.41. The Kier molecular flexibility index (Phi) is 3.90. The number of nitrogens with zero attached hydrogens (tertiary/aromatic N) is 1. The largest absolute Gasteiger partial charge is 0.373 e. The van der Waals surface area contributed by atoms with Gasteiger partial charge in [0.15, 0.2) is 0 Å². The molecule has 1 unspecified atom stereocenters. The lowest BCUT2D eigenvalue weighted by Crippen LogP contribution is -2.35. The first kappa shape index (κ1) is 16.0. The van der Waals surface area contributed by atoms with E-state index >= 15 is 0 Å². The number of hydrogen-bond acceptors (Lipinski definition) is 3. The van der Waals surface area contributed by atoms with E-state index in [1.165, 1.54) is 0 Å². The van der Waals surface area contributed by atoms with Crippen LogP contribution in [0.5, 0.6) is 0 Å². The lowest BCUT2D eigenvalue weighted by molar-refractivity contribution is -0.121. The van der Waals surface area contributed by atoms with Crippen molar-refractivity contribution in [2.75, 3.05) is 10.2 Å². The van der Waals surface area contributed by atoms with Gasteiger partial charge in [-0.15, -0.1) is 0 Å². The van der Waals surface area contributed by atoms with Gasteiger partial charge in [-0.3, -0.25) is 9.59 Å². The predicted molar refractivity (Wildman–Crippen MR) is 99.3 cm³/mol. The SMILES string of the molecule is O=C1CC(Nc2ccc3cc[nH]c3c2)C(=O)N1c1c(Cl)cccc1Cl. The van der Waals surface area contributed by atoms with Crippen molar-refractivity contribution in [1.82, 2.24) is 4.98 Å². The molecule has 0 bridgehead atoms. The van der Waals surface area contributed by atoms with Gasteiger partial charge in [0.25, 0.3) is 5.91 Å². The number of carbonyl (C=O) groups excluding carboxylic acids is 2. The summed E-state index contributed by atoms with van der Waals surface area (Å²) in [6.07, 6.45) is 1.89. The zero-order valence-corrected chi connectivity index (χ0v) is 14.4. The second-order valence-corrected chi connectivity index (χ2v) is 6.63. The molecule has 3 aromatic rings. The number of nitrogens with one attached hydrogen (secondary N) is 2. The summed E-state index contributed by atoms with van der Waals surface area (Å²) in [6.45, 7) is 0. The van der Waals surface area contributed by atoms with Crippen LogP contribution in [0.4, 0.5) is 11.4 Å². The fourth-order valence-corrected chi connectivity index (χ4v) is 3.59. The lowest BCUT2D eigenvalue weighted by Gasteiger charge is -2.18. The van der Waals surface area contributed by atoms with Crippen LogP contribution in [0.1, 0.15) is 6.42 Å². The average molecular weight is 374 g/mol. The highest BCUT2D eigenvalue weighted by Crippen LogP contribution is 2.37. The Balaban J connectivity index is 1.62. The van der Waals surface area contributed by atoms with Gasteiger partial charge in [0, 0.05) is 17.4 Å². The molecule has 0 saturated carbocycles. The van der Waals surface area contributed by atoms with E-state index in [9.17, 15) is 9.59 Å². The normalized spacial score (nSPS) is 17.5. The Morgan fingerprint density at radius 2 is 1.84 bits per heavy atom. The van der Waals surface area contributed by atoms with Crippen LogP contribution < -0.4 is 10.2 Å². The molecule has 126 valence electrons. The predicted octanol–water partition coefficient (Wildman–Crippen LogP) is 4.22. The minimum atomic E-state index is -0.660. The molecule has 5 nitrogen and oxygen atoms in total. The highest BCUT2D eigenvalue weighted by molar-refractivity contribution is 6.42. The van der Waals surface area contributed by atoms with Crippen LogP contribution >= 0.6 is 23.2 Å². The quantitative estimate of drug-likeness (QED) is 0.675. The van der Waals surface area contributed by atoms with Crippen molar-refractivity contribution in [3.05, 3.63) is 58.7 Å². The van der Waals surface area contributed by atoms with Crippen LogP contribution in [0, 0.1) is 0 Å². The number of hydrogen-bond donors (Lipinski definition) is 2. The molecule has 0 aliphatic carbocycles. The molecule has 7 heteroatoms. The standard InChI is InChI=1S/C18H13Cl2N3O2/c19-12-2-1-3-13(20)17(12)23-16(24)9-15(18(23)25)22-11-5-4-10-6-7-21-14(10)8-11/h1-8,15,21-22H,9H2. The molecule has 2 N–H and O–H groups in total. The molecule has 2 aromatic carbocycles. The topological polar surface area (TPSA) is 65.2 Å². The molecular weight excluding hydrogens is 361 g/mol. The maximum Gasteiger partial charge on any atom is 0.256 e. The molecule has 1 aliphatic rings. The van der Waals surface area contributed by atoms with E-state index in [0.29, 0.717) is 0 Å². The maximum absolute atomic E-state index is 12.8. The molecule has 1 saturated heterocycles. The van der Waals surface area contributed by atoms with Gasteiger partial charge in [0.1, 0.15) is 6.04 Å². The number of rotatable bonds is 3. The zero-order valence-electron chi connectivity index (χ0n) is 12.9. The minimum Gasteiger partial charge on any atom is -0.373 e. The average Bonchev–Trinajstić information content (AvgIpc) is 3.14. The first-order chi connectivity index (χ1) is 12.0. The molecule has 25 heavy (non-hydrogen) atoms. The Morgan fingerprint density at radius 1 is 1.08 bits per heavy atom. The first-order valence-electron chi connectivity index (χ1n) is 7.69.